The lowest BCUT2D eigenvalue weighted by atomic mass is 9.66. The number of rotatable bonds is 22. The molecule has 0 aliphatic carbocycles. The lowest BCUT2D eigenvalue weighted by Crippen LogP contribution is -2.41. The Morgan fingerprint density at radius 2 is 0.625 bits per heavy atom. The highest BCUT2D eigenvalue weighted by atomic mass is 16.7. The maximum Gasteiger partial charge on any atom is 0.495 e. The molecule has 2 fully saturated rings. The van der Waals surface area contributed by atoms with E-state index in [4.69, 9.17) is 18.6 Å². The van der Waals surface area contributed by atoms with Crippen LogP contribution in [0.1, 0.15) is 183 Å². The molecule has 306 valence electrons. The molecule has 3 aromatic rings. The smallest absolute Gasteiger partial charge is 0.399 e. The van der Waals surface area contributed by atoms with Crippen LogP contribution in [0, 0.1) is 0 Å². The van der Waals surface area contributed by atoms with Gasteiger partial charge in [-0.1, -0.05) is 164 Å². The first kappa shape index (κ1) is 44.7. The van der Waals surface area contributed by atoms with Crippen LogP contribution >= 0.6 is 0 Å². The quantitative estimate of drug-likeness (QED) is 0.0755. The van der Waals surface area contributed by atoms with Gasteiger partial charge in [-0.25, -0.2) is 0 Å². The predicted molar refractivity (Wildman–Crippen MR) is 241 cm³/mol. The van der Waals surface area contributed by atoms with Gasteiger partial charge >= 0.3 is 14.2 Å². The Kier molecular flexibility index (Phi) is 16.0. The SMILES string of the molecule is CCCCCCCCCCc1ccc(-c2c(B3OC(C)(C)C(C)(C)O3)ccc(B3OC(C)(C)C(C)(C)O3)c2-c2ccc(CCCCCCCCCC)cc2)cc1. The molecule has 0 spiro atoms. The van der Waals surface area contributed by atoms with Crippen molar-refractivity contribution in [3.8, 4) is 22.3 Å². The molecule has 0 saturated carbocycles. The van der Waals surface area contributed by atoms with Gasteiger partial charge in [-0.15, -0.1) is 0 Å². The van der Waals surface area contributed by atoms with Crippen molar-refractivity contribution in [1.82, 2.24) is 0 Å². The molecule has 3 aromatic carbocycles. The van der Waals surface area contributed by atoms with E-state index in [9.17, 15) is 0 Å². The summed E-state index contributed by atoms with van der Waals surface area (Å²) in [5.41, 5.74) is 7.60. The Bertz CT molecular complexity index is 1490. The average Bonchev–Trinajstić information content (AvgIpc) is 3.52. The molecule has 5 rings (SSSR count). The van der Waals surface area contributed by atoms with Crippen molar-refractivity contribution in [2.45, 2.75) is 207 Å². The van der Waals surface area contributed by atoms with E-state index in [0.717, 1.165) is 46.0 Å². The number of aryl methyl sites for hydroxylation is 2. The molecule has 0 bridgehead atoms. The Labute approximate surface area is 343 Å². The molecule has 2 heterocycles. The van der Waals surface area contributed by atoms with Gasteiger partial charge in [-0.2, -0.15) is 0 Å². The summed E-state index contributed by atoms with van der Waals surface area (Å²) < 4.78 is 27.2. The summed E-state index contributed by atoms with van der Waals surface area (Å²) in [6.07, 6.45) is 23.6. The van der Waals surface area contributed by atoms with Crippen molar-refractivity contribution in [3.63, 3.8) is 0 Å². The molecular formula is C50H76B2O4. The molecule has 2 aliphatic heterocycles. The summed E-state index contributed by atoms with van der Waals surface area (Å²) in [5, 5.41) is 0. The Morgan fingerprint density at radius 3 is 0.911 bits per heavy atom. The van der Waals surface area contributed by atoms with Gasteiger partial charge in [0, 0.05) is 0 Å². The van der Waals surface area contributed by atoms with Crippen molar-refractivity contribution < 1.29 is 18.6 Å². The summed E-state index contributed by atoms with van der Waals surface area (Å²) in [6, 6.07) is 23.0. The topological polar surface area (TPSA) is 36.9 Å². The molecule has 2 saturated heterocycles. The second kappa shape index (κ2) is 20.1. The first-order chi connectivity index (χ1) is 26.7. The van der Waals surface area contributed by atoms with Gasteiger partial charge in [0.15, 0.2) is 0 Å². The summed E-state index contributed by atoms with van der Waals surface area (Å²) in [4.78, 5) is 0. The summed E-state index contributed by atoms with van der Waals surface area (Å²) >= 11 is 0. The molecule has 0 aromatic heterocycles. The Balaban J connectivity index is 1.48. The van der Waals surface area contributed by atoms with E-state index in [2.05, 4.69) is 130 Å². The monoisotopic (exact) mass is 763 g/mol. The van der Waals surface area contributed by atoms with Crippen molar-refractivity contribution >= 4 is 25.2 Å². The second-order valence-electron chi connectivity index (χ2n) is 19.0. The van der Waals surface area contributed by atoms with Gasteiger partial charge in [0.05, 0.1) is 22.4 Å². The first-order valence-corrected chi connectivity index (χ1v) is 22.8. The third kappa shape index (κ3) is 11.2. The highest BCUT2D eigenvalue weighted by molar-refractivity contribution is 6.67. The maximum atomic E-state index is 6.79. The van der Waals surface area contributed by atoms with Gasteiger partial charge in [-0.3, -0.25) is 0 Å². The molecular weight excluding hydrogens is 686 g/mol. The molecule has 0 atom stereocenters. The predicted octanol–water partition coefficient (Wildman–Crippen LogP) is 13.0. The summed E-state index contributed by atoms with van der Waals surface area (Å²) in [5.74, 6) is 0. The average molecular weight is 763 g/mol. The van der Waals surface area contributed by atoms with Crippen LogP contribution in [0.3, 0.4) is 0 Å². The fourth-order valence-electron chi connectivity index (χ4n) is 8.19. The third-order valence-electron chi connectivity index (χ3n) is 13.4. The zero-order valence-corrected chi connectivity index (χ0v) is 37.3. The fraction of sp³-hybridized carbons (Fsp3) is 0.640. The van der Waals surface area contributed by atoms with E-state index in [1.165, 1.54) is 114 Å². The van der Waals surface area contributed by atoms with Crippen molar-refractivity contribution in [1.29, 1.82) is 0 Å². The number of benzene rings is 3. The molecule has 2 aliphatic rings. The van der Waals surface area contributed by atoms with Crippen molar-refractivity contribution in [3.05, 3.63) is 71.8 Å². The highest BCUT2D eigenvalue weighted by Gasteiger charge is 2.54. The minimum Gasteiger partial charge on any atom is -0.399 e. The largest absolute Gasteiger partial charge is 0.495 e. The van der Waals surface area contributed by atoms with E-state index in [-0.39, 0.29) is 0 Å². The summed E-state index contributed by atoms with van der Waals surface area (Å²) in [6.45, 7) is 21.7. The van der Waals surface area contributed by atoms with E-state index in [1.807, 2.05) is 0 Å². The Hall–Kier alpha value is -2.37. The third-order valence-corrected chi connectivity index (χ3v) is 13.4. The second-order valence-corrected chi connectivity index (χ2v) is 19.0. The van der Waals surface area contributed by atoms with Crippen LogP contribution < -0.4 is 10.9 Å². The van der Waals surface area contributed by atoms with Gasteiger partial charge in [0.25, 0.3) is 0 Å². The van der Waals surface area contributed by atoms with E-state index >= 15 is 0 Å². The minimum atomic E-state index is -0.514. The standard InChI is InChI=1S/C50H76B2O4/c1-11-13-15-17-19-21-23-25-27-39-29-33-41(34-30-39)45-43(51-53-47(3,4)48(5,6)54-51)37-38-44(52-55-49(7,8)50(9,10)56-52)46(45)42-35-31-40(32-36-42)28-26-24-22-20-18-16-14-12-2/h29-38H,11-28H2,1-10H3. The normalized spacial score (nSPS) is 18.2. The molecule has 6 heteroatoms. The van der Waals surface area contributed by atoms with Crippen molar-refractivity contribution in [2.75, 3.05) is 0 Å². The highest BCUT2D eigenvalue weighted by Crippen LogP contribution is 2.41. The molecule has 4 nitrogen and oxygen atoms in total. The molecule has 0 unspecified atom stereocenters. The van der Waals surface area contributed by atoms with Crippen LogP contribution in [0.4, 0.5) is 0 Å². The summed E-state index contributed by atoms with van der Waals surface area (Å²) in [7, 11) is -1.03. The Morgan fingerprint density at radius 1 is 0.357 bits per heavy atom. The fourth-order valence-corrected chi connectivity index (χ4v) is 8.19. The van der Waals surface area contributed by atoms with Crippen LogP contribution in [0.25, 0.3) is 22.3 Å². The lowest BCUT2D eigenvalue weighted by molar-refractivity contribution is 0.00578. The van der Waals surface area contributed by atoms with Crippen LogP contribution in [0.2, 0.25) is 0 Å². The van der Waals surface area contributed by atoms with Crippen LogP contribution in [0.15, 0.2) is 60.7 Å². The number of unbranched alkanes of at least 4 members (excludes halogenated alkanes) is 14. The first-order valence-electron chi connectivity index (χ1n) is 22.8. The van der Waals surface area contributed by atoms with E-state index in [0.29, 0.717) is 0 Å². The van der Waals surface area contributed by atoms with Crippen LogP contribution in [-0.4, -0.2) is 36.6 Å². The van der Waals surface area contributed by atoms with Gasteiger partial charge in [-0.05, 0) is 125 Å². The van der Waals surface area contributed by atoms with E-state index < -0.39 is 36.6 Å². The lowest BCUT2D eigenvalue weighted by Gasteiger charge is -2.32. The molecule has 0 N–H and O–H groups in total. The van der Waals surface area contributed by atoms with E-state index in [1.54, 1.807) is 0 Å². The van der Waals surface area contributed by atoms with Gasteiger partial charge in [0.1, 0.15) is 0 Å². The number of hydrogen-bond donors (Lipinski definition) is 0. The molecule has 0 amide bonds. The molecule has 0 radical (unpaired) electrons. The van der Waals surface area contributed by atoms with Gasteiger partial charge < -0.3 is 18.6 Å². The zero-order chi connectivity index (χ0) is 40.4. The number of hydrogen-bond acceptors (Lipinski definition) is 4. The van der Waals surface area contributed by atoms with Crippen molar-refractivity contribution in [2.24, 2.45) is 0 Å². The zero-order valence-electron chi connectivity index (χ0n) is 37.3. The molecule has 56 heavy (non-hydrogen) atoms. The van der Waals surface area contributed by atoms with Crippen LogP contribution in [0.5, 0.6) is 0 Å². The maximum absolute atomic E-state index is 6.79. The van der Waals surface area contributed by atoms with Gasteiger partial charge in [0.2, 0.25) is 0 Å². The minimum absolute atomic E-state index is 0.462. The van der Waals surface area contributed by atoms with Crippen LogP contribution in [-0.2, 0) is 31.5 Å².